The lowest BCUT2D eigenvalue weighted by molar-refractivity contribution is 0.379. The Kier molecular flexibility index (Phi) is 3.37. The van der Waals surface area contributed by atoms with Gasteiger partial charge < -0.3 is 14.5 Å². The molecule has 2 heterocycles. The van der Waals surface area contributed by atoms with Crippen LogP contribution in [0.3, 0.4) is 0 Å². The molecule has 1 aromatic carbocycles. The van der Waals surface area contributed by atoms with E-state index in [0.717, 1.165) is 25.2 Å². The molecule has 1 aliphatic heterocycles. The highest BCUT2D eigenvalue weighted by atomic mass is 35.5. The molecule has 2 aromatic rings. The molecule has 19 heavy (non-hydrogen) atoms. The van der Waals surface area contributed by atoms with Crippen LogP contribution in [0.1, 0.15) is 6.42 Å². The maximum absolute atomic E-state index is 13.4. The number of aromatic amines is 1. The van der Waals surface area contributed by atoms with Crippen LogP contribution >= 0.6 is 23.8 Å². The quantitative estimate of drug-likeness (QED) is 0.859. The van der Waals surface area contributed by atoms with E-state index < -0.39 is 5.82 Å². The molecule has 0 bridgehead atoms. The molecule has 102 valence electrons. The van der Waals surface area contributed by atoms with Gasteiger partial charge >= 0.3 is 0 Å². The summed E-state index contributed by atoms with van der Waals surface area (Å²) in [4.78, 5) is 5.36. The molecular weight excluding hydrogens is 285 g/mol. The van der Waals surface area contributed by atoms with Crippen LogP contribution in [0, 0.1) is 16.5 Å². The van der Waals surface area contributed by atoms with E-state index in [1.54, 1.807) is 6.07 Å². The van der Waals surface area contributed by atoms with Crippen LogP contribution in [0.25, 0.3) is 11.0 Å². The number of nitrogens with one attached hydrogen (secondary N) is 1. The van der Waals surface area contributed by atoms with Crippen molar-refractivity contribution in [1.82, 2.24) is 14.5 Å². The van der Waals surface area contributed by atoms with Crippen molar-refractivity contribution in [3.63, 3.8) is 0 Å². The van der Waals surface area contributed by atoms with E-state index in [1.165, 1.54) is 12.5 Å². The van der Waals surface area contributed by atoms with E-state index >= 15 is 0 Å². The van der Waals surface area contributed by atoms with E-state index in [9.17, 15) is 4.39 Å². The maximum Gasteiger partial charge on any atom is 0.178 e. The standard InChI is InChI=1S/C13H15ClFN3S/c1-17-3-2-8(6-17)7-18-12-4-9(14)10(15)5-11(12)16-13(18)19/h4-5,8H,2-3,6-7H2,1H3,(H,16,19). The first-order chi connectivity index (χ1) is 9.04. The summed E-state index contributed by atoms with van der Waals surface area (Å²) >= 11 is 11.2. The molecule has 1 atom stereocenters. The largest absolute Gasteiger partial charge is 0.330 e. The van der Waals surface area contributed by atoms with Crippen LogP contribution in [-0.2, 0) is 6.54 Å². The molecule has 0 spiro atoms. The van der Waals surface area contributed by atoms with E-state index in [4.69, 9.17) is 23.8 Å². The van der Waals surface area contributed by atoms with E-state index in [0.29, 0.717) is 16.2 Å². The Morgan fingerprint density at radius 3 is 3.00 bits per heavy atom. The van der Waals surface area contributed by atoms with Gasteiger partial charge in [0.25, 0.3) is 0 Å². The Bertz CT molecular complexity index is 678. The van der Waals surface area contributed by atoms with Gasteiger partial charge in [-0.2, -0.15) is 0 Å². The SMILES string of the molecule is CN1CCC(Cn2c(=S)[nH]c3cc(F)c(Cl)cc32)C1. The third-order valence-corrected chi connectivity index (χ3v) is 4.36. The van der Waals surface area contributed by atoms with E-state index in [2.05, 4.69) is 16.9 Å². The van der Waals surface area contributed by atoms with Gasteiger partial charge in [-0.1, -0.05) is 11.6 Å². The number of imidazole rings is 1. The fraction of sp³-hybridized carbons (Fsp3) is 0.462. The molecule has 1 aliphatic rings. The summed E-state index contributed by atoms with van der Waals surface area (Å²) in [5.74, 6) is 0.165. The molecule has 1 unspecified atom stereocenters. The van der Waals surface area contributed by atoms with Gasteiger partial charge in [0.1, 0.15) is 5.82 Å². The molecule has 0 aliphatic carbocycles. The summed E-state index contributed by atoms with van der Waals surface area (Å²) in [5, 5.41) is 0.138. The van der Waals surface area contributed by atoms with Gasteiger partial charge in [-0.25, -0.2) is 4.39 Å². The first-order valence-corrected chi connectivity index (χ1v) is 7.09. The lowest BCUT2D eigenvalue weighted by Gasteiger charge is -2.12. The minimum Gasteiger partial charge on any atom is -0.330 e. The third kappa shape index (κ3) is 2.42. The summed E-state index contributed by atoms with van der Waals surface area (Å²) in [6.07, 6.45) is 1.17. The average Bonchev–Trinajstić information content (AvgIpc) is 2.87. The highest BCUT2D eigenvalue weighted by Gasteiger charge is 2.21. The normalized spacial score (nSPS) is 20.5. The van der Waals surface area contributed by atoms with Crippen molar-refractivity contribution in [2.45, 2.75) is 13.0 Å². The van der Waals surface area contributed by atoms with Gasteiger partial charge in [0.2, 0.25) is 0 Å². The first-order valence-electron chi connectivity index (χ1n) is 6.30. The summed E-state index contributed by atoms with van der Waals surface area (Å²) < 4.78 is 16.1. The number of rotatable bonds is 2. The first kappa shape index (κ1) is 13.1. The molecule has 1 saturated heterocycles. The molecule has 0 amide bonds. The number of H-pyrrole nitrogens is 1. The minimum atomic E-state index is -0.418. The van der Waals surface area contributed by atoms with Crippen molar-refractivity contribution in [2.75, 3.05) is 20.1 Å². The molecule has 3 nitrogen and oxygen atoms in total. The zero-order chi connectivity index (χ0) is 13.6. The minimum absolute atomic E-state index is 0.138. The van der Waals surface area contributed by atoms with Crippen LogP contribution in [0.15, 0.2) is 12.1 Å². The average molecular weight is 300 g/mol. The van der Waals surface area contributed by atoms with Crippen LogP contribution in [0.5, 0.6) is 0 Å². The molecule has 1 aromatic heterocycles. The van der Waals surface area contributed by atoms with Gasteiger partial charge in [-0.15, -0.1) is 0 Å². The number of benzene rings is 1. The molecule has 0 radical (unpaired) electrons. The van der Waals surface area contributed by atoms with Gasteiger partial charge in [-0.05, 0) is 44.2 Å². The lowest BCUT2D eigenvalue weighted by atomic mass is 10.1. The number of fused-ring (bicyclic) bond motifs is 1. The summed E-state index contributed by atoms with van der Waals surface area (Å²) in [6.45, 7) is 3.05. The van der Waals surface area contributed by atoms with Crippen molar-refractivity contribution in [1.29, 1.82) is 0 Å². The van der Waals surface area contributed by atoms with Crippen molar-refractivity contribution in [3.05, 3.63) is 27.7 Å². The number of hydrogen-bond donors (Lipinski definition) is 1. The molecule has 1 fully saturated rings. The highest BCUT2D eigenvalue weighted by molar-refractivity contribution is 7.71. The van der Waals surface area contributed by atoms with E-state index in [-0.39, 0.29) is 5.02 Å². The van der Waals surface area contributed by atoms with Crippen molar-refractivity contribution in [3.8, 4) is 0 Å². The van der Waals surface area contributed by atoms with Crippen molar-refractivity contribution >= 4 is 34.9 Å². The molecule has 6 heteroatoms. The van der Waals surface area contributed by atoms with Crippen LogP contribution < -0.4 is 0 Å². The highest BCUT2D eigenvalue weighted by Crippen LogP contribution is 2.25. The number of likely N-dealkylation sites (tertiary alicyclic amines) is 1. The number of hydrogen-bond acceptors (Lipinski definition) is 2. The second-order valence-corrected chi connectivity index (χ2v) is 6.04. The Morgan fingerprint density at radius 1 is 1.53 bits per heavy atom. The Labute approximate surface area is 121 Å². The summed E-state index contributed by atoms with van der Waals surface area (Å²) in [6, 6.07) is 3.06. The predicted molar refractivity (Wildman–Crippen MR) is 77.7 cm³/mol. The smallest absolute Gasteiger partial charge is 0.178 e. The maximum atomic E-state index is 13.4. The fourth-order valence-corrected chi connectivity index (χ4v) is 3.21. The topological polar surface area (TPSA) is 24.0 Å². The van der Waals surface area contributed by atoms with Crippen molar-refractivity contribution < 1.29 is 4.39 Å². The Hall–Kier alpha value is -0.910. The van der Waals surface area contributed by atoms with Gasteiger partial charge in [0, 0.05) is 19.2 Å². The number of nitrogens with zero attached hydrogens (tertiary/aromatic N) is 2. The lowest BCUT2D eigenvalue weighted by Crippen LogP contribution is -2.17. The monoisotopic (exact) mass is 299 g/mol. The van der Waals surface area contributed by atoms with Crippen LogP contribution in [0.2, 0.25) is 5.02 Å². The van der Waals surface area contributed by atoms with Crippen LogP contribution in [-0.4, -0.2) is 34.6 Å². The predicted octanol–water partition coefficient (Wildman–Crippen LogP) is 3.44. The van der Waals surface area contributed by atoms with Gasteiger partial charge in [-0.3, -0.25) is 0 Å². The van der Waals surface area contributed by atoms with Gasteiger partial charge in [0.15, 0.2) is 4.77 Å². The molecule has 3 rings (SSSR count). The van der Waals surface area contributed by atoms with E-state index in [1.807, 2.05) is 4.57 Å². The Balaban J connectivity index is 2.01. The zero-order valence-corrected chi connectivity index (χ0v) is 12.2. The summed E-state index contributed by atoms with van der Waals surface area (Å²) in [7, 11) is 2.13. The fourth-order valence-electron chi connectivity index (χ4n) is 2.77. The second kappa shape index (κ2) is 4.89. The third-order valence-electron chi connectivity index (χ3n) is 3.75. The zero-order valence-electron chi connectivity index (χ0n) is 10.6. The number of aromatic nitrogens is 2. The summed E-state index contributed by atoms with van der Waals surface area (Å²) in [5.41, 5.74) is 1.59. The second-order valence-electron chi connectivity index (χ2n) is 5.24. The van der Waals surface area contributed by atoms with Crippen LogP contribution in [0.4, 0.5) is 4.39 Å². The molecule has 0 saturated carbocycles. The van der Waals surface area contributed by atoms with Crippen molar-refractivity contribution in [2.24, 2.45) is 5.92 Å². The number of halogens is 2. The molecular formula is C13H15ClFN3S. The Morgan fingerprint density at radius 2 is 2.32 bits per heavy atom. The van der Waals surface area contributed by atoms with Gasteiger partial charge in [0.05, 0.1) is 16.1 Å². The molecule has 1 N–H and O–H groups in total.